The van der Waals surface area contributed by atoms with Crippen LogP contribution in [0.1, 0.15) is 49.5 Å². The van der Waals surface area contributed by atoms with Crippen molar-refractivity contribution in [2.75, 3.05) is 27.2 Å². The lowest BCUT2D eigenvalue weighted by Gasteiger charge is -2.29. The Morgan fingerprint density at radius 1 is 1.24 bits per heavy atom. The molecule has 0 saturated carbocycles. The first kappa shape index (κ1) is 38.6. The van der Waals surface area contributed by atoms with Crippen LogP contribution in [0.4, 0.5) is 13.2 Å². The minimum atomic E-state index is -1.54. The summed E-state index contributed by atoms with van der Waals surface area (Å²) in [5.74, 6) is 0.0356. The zero-order valence-electron chi connectivity index (χ0n) is 26.9. The zero-order chi connectivity index (χ0) is 33.0. The number of alkyl halides is 2. The minimum Gasteiger partial charge on any atom is -0.465 e. The molecule has 2 unspecified atom stereocenters. The molecule has 2 aliphatic heterocycles. The van der Waals surface area contributed by atoms with Gasteiger partial charge in [-0.25, -0.2) is 18.0 Å². The van der Waals surface area contributed by atoms with E-state index in [2.05, 4.69) is 4.99 Å². The first-order valence-corrected chi connectivity index (χ1v) is 15.8. The highest BCUT2D eigenvalue weighted by Crippen LogP contribution is 2.42. The second-order valence-corrected chi connectivity index (χ2v) is 11.9. The summed E-state index contributed by atoms with van der Waals surface area (Å²) >= 11 is 6.96. The number of allylic oxidation sites excluding steroid dienone is 5. The molecule has 2 atom stereocenters. The van der Waals surface area contributed by atoms with Gasteiger partial charge in [-0.15, -0.1) is 0 Å². The third-order valence-corrected chi connectivity index (χ3v) is 8.34. The van der Waals surface area contributed by atoms with Gasteiger partial charge in [0.2, 0.25) is 0 Å². The molecule has 3 N–H and O–H groups in total. The maximum Gasteiger partial charge on any atom is 0.337 e. The fourth-order valence-electron chi connectivity index (χ4n) is 4.96. The van der Waals surface area contributed by atoms with E-state index in [1.165, 1.54) is 26.2 Å². The Balaban J connectivity index is 0.000000712. The summed E-state index contributed by atoms with van der Waals surface area (Å²) in [7, 11) is 3.02. The molecule has 248 valence electrons. The number of aliphatic imine (C=N–C) groups is 2. The van der Waals surface area contributed by atoms with Crippen molar-refractivity contribution >= 4 is 40.9 Å². The molecule has 46 heavy (non-hydrogen) atoms. The second kappa shape index (κ2) is 18.5. The highest BCUT2D eigenvalue weighted by Gasteiger charge is 2.46. The lowest BCUT2D eigenvalue weighted by Crippen LogP contribution is -2.37. The van der Waals surface area contributed by atoms with Gasteiger partial charge in [0.05, 0.1) is 31.5 Å². The van der Waals surface area contributed by atoms with Gasteiger partial charge in [0.15, 0.2) is 0 Å². The Hall–Kier alpha value is -3.60. The molecule has 1 fully saturated rings. The lowest BCUT2D eigenvalue weighted by molar-refractivity contribution is 0.0600. The molecular formula is C35H42ClF3N4O2S. The second-order valence-electron chi connectivity index (χ2n) is 10.6. The first-order chi connectivity index (χ1) is 21.5. The monoisotopic (exact) mass is 674 g/mol. The van der Waals surface area contributed by atoms with Gasteiger partial charge in [-0.05, 0) is 74.6 Å². The van der Waals surface area contributed by atoms with E-state index >= 15 is 4.39 Å². The highest BCUT2D eigenvalue weighted by atomic mass is 35.5. The van der Waals surface area contributed by atoms with Crippen molar-refractivity contribution in [3.63, 3.8) is 0 Å². The zero-order valence-corrected chi connectivity index (χ0v) is 28.5. The van der Waals surface area contributed by atoms with Crippen molar-refractivity contribution in [1.82, 2.24) is 11.1 Å². The van der Waals surface area contributed by atoms with E-state index in [1.54, 1.807) is 61.3 Å². The molecule has 0 aliphatic carbocycles. The number of rotatable bonds is 10. The van der Waals surface area contributed by atoms with Crippen molar-refractivity contribution < 1.29 is 22.7 Å². The summed E-state index contributed by atoms with van der Waals surface area (Å²) in [6, 6.07) is 12.7. The van der Waals surface area contributed by atoms with Crippen LogP contribution in [0.2, 0.25) is 5.02 Å². The number of hydrogen-bond acceptors (Lipinski definition) is 7. The molecule has 0 radical (unpaired) electrons. The Labute approximate surface area is 279 Å². The van der Waals surface area contributed by atoms with Gasteiger partial charge in [-0.2, -0.15) is 0 Å². The molecule has 2 aromatic carbocycles. The molecule has 2 aromatic rings. The maximum atomic E-state index is 16.5. The Morgan fingerprint density at radius 3 is 2.50 bits per heavy atom. The van der Waals surface area contributed by atoms with Gasteiger partial charge in [-0.1, -0.05) is 59.8 Å². The van der Waals surface area contributed by atoms with Crippen molar-refractivity contribution in [3.8, 4) is 0 Å². The molecule has 6 nitrogen and oxygen atoms in total. The van der Waals surface area contributed by atoms with Crippen LogP contribution in [0.15, 0.2) is 104 Å². The van der Waals surface area contributed by atoms with E-state index in [-0.39, 0.29) is 37.8 Å². The number of amidine groups is 1. The summed E-state index contributed by atoms with van der Waals surface area (Å²) in [5, 5.41) is 2.42. The van der Waals surface area contributed by atoms with Crippen molar-refractivity contribution in [1.29, 1.82) is 0 Å². The normalized spacial score (nSPS) is 19.0. The van der Waals surface area contributed by atoms with Crippen molar-refractivity contribution in [3.05, 3.63) is 116 Å². The van der Waals surface area contributed by atoms with Gasteiger partial charge in [0, 0.05) is 41.1 Å². The summed E-state index contributed by atoms with van der Waals surface area (Å²) < 4.78 is 46.8. The van der Waals surface area contributed by atoms with E-state index < -0.39 is 17.8 Å². The van der Waals surface area contributed by atoms with Crippen LogP contribution in [0, 0.1) is 5.82 Å². The number of esters is 1. The van der Waals surface area contributed by atoms with Crippen LogP contribution in [-0.2, 0) is 11.2 Å². The van der Waals surface area contributed by atoms with Gasteiger partial charge in [0.25, 0.3) is 0 Å². The molecule has 0 aromatic heterocycles. The number of carbonyl (C=O) groups is 1. The van der Waals surface area contributed by atoms with Crippen LogP contribution in [0.5, 0.6) is 0 Å². The SMILES string of the molecule is CC=C(S/C=C\C)C1=NCC(C(/C=C\CC(C)F)=NC)=C2CC(F)(Cc3ccc(C(=O)OC)cc3)CN12.Fc1cccc(Cl)c1.N. The number of halogens is 4. The molecule has 2 aliphatic rings. The average Bonchev–Trinajstić information content (AvgIpc) is 3.37. The third-order valence-electron chi connectivity index (χ3n) is 7.03. The van der Waals surface area contributed by atoms with Crippen LogP contribution < -0.4 is 6.15 Å². The molecule has 2 heterocycles. The molecule has 0 spiro atoms. The van der Waals surface area contributed by atoms with E-state index in [0.717, 1.165) is 27.6 Å². The van der Waals surface area contributed by atoms with E-state index in [1.807, 2.05) is 42.4 Å². The third kappa shape index (κ3) is 10.7. The minimum absolute atomic E-state index is 0. The van der Waals surface area contributed by atoms with E-state index in [4.69, 9.17) is 21.3 Å². The molecule has 11 heteroatoms. The number of ether oxygens (including phenoxy) is 1. The largest absolute Gasteiger partial charge is 0.465 e. The molecule has 1 saturated heterocycles. The number of fused-ring (bicyclic) bond motifs is 1. The van der Waals surface area contributed by atoms with Gasteiger partial charge in [-0.3, -0.25) is 9.98 Å². The quantitative estimate of drug-likeness (QED) is 0.200. The Morgan fingerprint density at radius 2 is 1.96 bits per heavy atom. The number of methoxy groups -OCH3 is 1. The predicted molar refractivity (Wildman–Crippen MR) is 186 cm³/mol. The number of thioether (sulfide) groups is 1. The summed E-state index contributed by atoms with van der Waals surface area (Å²) in [6.07, 6.45) is 7.27. The van der Waals surface area contributed by atoms with Crippen molar-refractivity contribution in [2.45, 2.75) is 51.9 Å². The Kier molecular flexibility index (Phi) is 15.5. The molecule has 4 rings (SSSR count). The van der Waals surface area contributed by atoms with Crippen LogP contribution >= 0.6 is 23.4 Å². The van der Waals surface area contributed by atoms with E-state index in [0.29, 0.717) is 22.8 Å². The van der Waals surface area contributed by atoms with Gasteiger partial charge < -0.3 is 15.8 Å². The number of nitrogens with zero attached hydrogens (tertiary/aromatic N) is 3. The molecular weight excluding hydrogens is 633 g/mol. The smallest absolute Gasteiger partial charge is 0.337 e. The van der Waals surface area contributed by atoms with Gasteiger partial charge >= 0.3 is 5.97 Å². The average molecular weight is 675 g/mol. The molecule has 0 amide bonds. The summed E-state index contributed by atoms with van der Waals surface area (Å²) in [6.45, 7) is 5.95. The summed E-state index contributed by atoms with van der Waals surface area (Å²) in [4.78, 5) is 24.0. The van der Waals surface area contributed by atoms with Crippen LogP contribution in [0.3, 0.4) is 0 Å². The van der Waals surface area contributed by atoms with Crippen LogP contribution in [-0.4, -0.2) is 61.5 Å². The molecule has 0 bridgehead atoms. The van der Waals surface area contributed by atoms with Gasteiger partial charge in [0.1, 0.15) is 23.5 Å². The maximum absolute atomic E-state index is 16.5. The summed E-state index contributed by atoms with van der Waals surface area (Å²) in [5.41, 5.74) is 2.10. The number of carbonyl (C=O) groups excluding carboxylic acids is 1. The fourth-order valence-corrected chi connectivity index (χ4v) is 5.84. The standard InChI is InChI=1S/C29H35F2N3O2S.C6H4ClF.H3N/c1-6-15-37-26(7-2)27-33-18-23(24(32-4)10-8-9-20(3)30)25-17-29(31,19-34(25)27)16-21-11-13-22(14-12-21)28(35)36-5;7-5-2-1-3-6(8)4-5;/h6-8,10-15,20H,9,16-19H2,1-5H3;1-4H;1H3/b10-8-,15-6-,26-7?,32-24?;;. The number of hydrogen-bond donors (Lipinski definition) is 1. The topological polar surface area (TPSA) is 89.3 Å². The van der Waals surface area contributed by atoms with Crippen molar-refractivity contribution in [2.24, 2.45) is 9.98 Å². The lowest BCUT2D eigenvalue weighted by atomic mass is 9.92. The Bertz CT molecular complexity index is 1500. The fraction of sp³-hybridized carbons (Fsp3) is 0.343. The highest BCUT2D eigenvalue weighted by molar-refractivity contribution is 8.06. The van der Waals surface area contributed by atoms with Crippen LogP contribution in [0.25, 0.3) is 0 Å². The van der Waals surface area contributed by atoms with E-state index in [9.17, 15) is 13.6 Å². The number of benzene rings is 2. The predicted octanol–water partition coefficient (Wildman–Crippen LogP) is 9.28. The first-order valence-electron chi connectivity index (χ1n) is 14.6.